The highest BCUT2D eigenvalue weighted by Crippen LogP contribution is 2.53. The van der Waals surface area contributed by atoms with Crippen LogP contribution in [0.1, 0.15) is 45.7 Å². The summed E-state index contributed by atoms with van der Waals surface area (Å²) in [5.74, 6) is -5.21. The number of hydrogen-bond donors (Lipinski definition) is 4. The van der Waals surface area contributed by atoms with Gasteiger partial charge >= 0.3 is 0 Å². The lowest BCUT2D eigenvalue weighted by atomic mass is 9.81. The lowest BCUT2D eigenvalue weighted by Gasteiger charge is -2.24. The van der Waals surface area contributed by atoms with E-state index in [1.807, 2.05) is 0 Å². The minimum absolute atomic E-state index is 0.0220. The maximum absolute atomic E-state index is 13.1. The SMILES string of the molecule is CCOCCOc1c(O)c2c(c(O)c1OCC)C(=O)c1c(O)cc(Br)c(O)c1C2=O. The van der Waals surface area contributed by atoms with Crippen molar-refractivity contribution < 1.29 is 44.2 Å². The molecule has 3 rings (SSSR count). The number of hydrogen-bond acceptors (Lipinski definition) is 9. The molecule has 0 radical (unpaired) electrons. The van der Waals surface area contributed by atoms with Crippen molar-refractivity contribution in [3.8, 4) is 34.5 Å². The van der Waals surface area contributed by atoms with Gasteiger partial charge in [-0.25, -0.2) is 0 Å². The molecule has 0 aromatic heterocycles. The van der Waals surface area contributed by atoms with Crippen LogP contribution in [0.2, 0.25) is 0 Å². The second-order valence-electron chi connectivity index (χ2n) is 6.22. The van der Waals surface area contributed by atoms with Crippen LogP contribution in [0.15, 0.2) is 10.5 Å². The fraction of sp³-hybridized carbons (Fsp3) is 0.300. The van der Waals surface area contributed by atoms with Crippen molar-refractivity contribution in [2.75, 3.05) is 26.4 Å². The van der Waals surface area contributed by atoms with Crippen molar-refractivity contribution in [3.63, 3.8) is 0 Å². The number of phenols is 4. The fourth-order valence-electron chi connectivity index (χ4n) is 3.21. The van der Waals surface area contributed by atoms with E-state index in [2.05, 4.69) is 15.9 Å². The zero-order chi connectivity index (χ0) is 22.2. The maximum atomic E-state index is 13.1. The van der Waals surface area contributed by atoms with E-state index in [1.54, 1.807) is 13.8 Å². The Morgan fingerprint density at radius 3 is 1.87 bits per heavy atom. The highest BCUT2D eigenvalue weighted by molar-refractivity contribution is 9.10. The van der Waals surface area contributed by atoms with Gasteiger partial charge in [0.05, 0.1) is 39.9 Å². The first-order valence-electron chi connectivity index (χ1n) is 9.05. The van der Waals surface area contributed by atoms with Crippen LogP contribution in [0.5, 0.6) is 34.5 Å². The van der Waals surface area contributed by atoms with Gasteiger partial charge in [0.15, 0.2) is 11.5 Å². The molecule has 1 aliphatic carbocycles. The van der Waals surface area contributed by atoms with Gasteiger partial charge in [0.2, 0.25) is 23.1 Å². The largest absolute Gasteiger partial charge is 0.507 e. The minimum atomic E-state index is -0.973. The van der Waals surface area contributed by atoms with E-state index < -0.39 is 56.8 Å². The second-order valence-corrected chi connectivity index (χ2v) is 7.07. The van der Waals surface area contributed by atoms with Gasteiger partial charge < -0.3 is 34.6 Å². The van der Waals surface area contributed by atoms with E-state index in [0.717, 1.165) is 6.07 Å². The van der Waals surface area contributed by atoms with Gasteiger partial charge in [-0.05, 0) is 35.8 Å². The number of aromatic hydroxyl groups is 4. The standard InChI is InChI=1S/C20H19BrO9/c1-3-28-5-6-30-20-18(27)13-12(17(26)19(20)29-4-2)15(24)10-9(22)7-8(21)14(23)11(10)16(13)25/h7,22-23,26-27H,3-6H2,1-2H3. The third-order valence-electron chi connectivity index (χ3n) is 4.47. The Morgan fingerprint density at radius 1 is 0.767 bits per heavy atom. The molecule has 9 nitrogen and oxygen atoms in total. The second kappa shape index (κ2) is 8.41. The maximum Gasteiger partial charge on any atom is 0.208 e. The van der Waals surface area contributed by atoms with Gasteiger partial charge in [0.25, 0.3) is 0 Å². The van der Waals surface area contributed by atoms with E-state index >= 15 is 0 Å². The summed E-state index contributed by atoms with van der Waals surface area (Å²) in [6.07, 6.45) is 0. The van der Waals surface area contributed by atoms with E-state index in [9.17, 15) is 30.0 Å². The molecule has 160 valence electrons. The van der Waals surface area contributed by atoms with Gasteiger partial charge in [0.1, 0.15) is 18.1 Å². The number of carbonyl (C=O) groups excluding carboxylic acids is 2. The first-order valence-corrected chi connectivity index (χ1v) is 9.84. The van der Waals surface area contributed by atoms with E-state index in [1.165, 1.54) is 0 Å². The van der Waals surface area contributed by atoms with Gasteiger partial charge in [0, 0.05) is 6.61 Å². The smallest absolute Gasteiger partial charge is 0.208 e. The quantitative estimate of drug-likeness (QED) is 0.295. The number of phenolic OH excluding ortho intramolecular Hbond substituents is 4. The van der Waals surface area contributed by atoms with Crippen LogP contribution in [-0.4, -0.2) is 58.4 Å². The molecule has 0 atom stereocenters. The third kappa shape index (κ3) is 3.31. The summed E-state index contributed by atoms with van der Waals surface area (Å²) in [7, 11) is 0. The highest BCUT2D eigenvalue weighted by Gasteiger charge is 2.42. The van der Waals surface area contributed by atoms with E-state index in [-0.39, 0.29) is 35.8 Å². The van der Waals surface area contributed by atoms with E-state index in [0.29, 0.717) is 6.61 Å². The van der Waals surface area contributed by atoms with Crippen LogP contribution in [0, 0.1) is 0 Å². The molecule has 4 N–H and O–H groups in total. The molecular weight excluding hydrogens is 464 g/mol. The Bertz CT molecular complexity index is 1050. The number of ether oxygens (including phenoxy) is 3. The number of halogens is 1. The lowest BCUT2D eigenvalue weighted by molar-refractivity contribution is 0.0961. The first-order chi connectivity index (χ1) is 14.3. The number of rotatable bonds is 7. The first kappa shape index (κ1) is 21.7. The Hall–Kier alpha value is -2.98. The zero-order valence-corrected chi connectivity index (χ0v) is 17.7. The van der Waals surface area contributed by atoms with Crippen LogP contribution < -0.4 is 9.47 Å². The van der Waals surface area contributed by atoms with Crippen molar-refractivity contribution in [2.24, 2.45) is 0 Å². The summed E-state index contributed by atoms with van der Waals surface area (Å²) < 4.78 is 16.0. The zero-order valence-electron chi connectivity index (χ0n) is 16.1. The summed E-state index contributed by atoms with van der Waals surface area (Å²) >= 11 is 3.00. The Labute approximate surface area is 179 Å². The van der Waals surface area contributed by atoms with Gasteiger partial charge in [-0.15, -0.1) is 0 Å². The van der Waals surface area contributed by atoms with Crippen molar-refractivity contribution in [1.29, 1.82) is 0 Å². The lowest BCUT2D eigenvalue weighted by Crippen LogP contribution is -2.23. The van der Waals surface area contributed by atoms with Crippen molar-refractivity contribution >= 4 is 27.5 Å². The number of benzene rings is 2. The van der Waals surface area contributed by atoms with Gasteiger partial charge in [-0.2, -0.15) is 0 Å². The van der Waals surface area contributed by atoms with Crippen LogP contribution in [-0.2, 0) is 4.74 Å². The van der Waals surface area contributed by atoms with Crippen molar-refractivity contribution in [1.82, 2.24) is 0 Å². The summed E-state index contributed by atoms with van der Waals surface area (Å²) in [6, 6.07) is 1.05. The molecule has 0 bridgehead atoms. The normalized spacial score (nSPS) is 12.5. The molecule has 0 unspecified atom stereocenters. The molecular formula is C20H19BrO9. The fourth-order valence-corrected chi connectivity index (χ4v) is 3.62. The van der Waals surface area contributed by atoms with Crippen LogP contribution >= 0.6 is 15.9 Å². The average molecular weight is 483 g/mol. The van der Waals surface area contributed by atoms with E-state index in [4.69, 9.17) is 14.2 Å². The summed E-state index contributed by atoms with van der Waals surface area (Å²) in [5.41, 5.74) is -2.11. The predicted molar refractivity (Wildman–Crippen MR) is 107 cm³/mol. The summed E-state index contributed by atoms with van der Waals surface area (Å²) in [4.78, 5) is 26.2. The third-order valence-corrected chi connectivity index (χ3v) is 5.07. The minimum Gasteiger partial charge on any atom is -0.507 e. The Balaban J connectivity index is 2.26. The van der Waals surface area contributed by atoms with Gasteiger partial charge in [-0.1, -0.05) is 0 Å². The van der Waals surface area contributed by atoms with Crippen LogP contribution in [0.4, 0.5) is 0 Å². The molecule has 1 aliphatic rings. The Morgan fingerprint density at radius 2 is 1.30 bits per heavy atom. The molecule has 0 heterocycles. The molecule has 10 heteroatoms. The Kier molecular flexibility index (Phi) is 6.09. The molecule has 0 saturated heterocycles. The molecule has 0 aliphatic heterocycles. The monoisotopic (exact) mass is 482 g/mol. The summed E-state index contributed by atoms with van der Waals surface area (Å²) in [5, 5.41) is 42.0. The number of carbonyl (C=O) groups is 2. The highest BCUT2D eigenvalue weighted by atomic mass is 79.9. The van der Waals surface area contributed by atoms with Gasteiger partial charge in [-0.3, -0.25) is 9.59 Å². The van der Waals surface area contributed by atoms with Crippen LogP contribution in [0.3, 0.4) is 0 Å². The summed E-state index contributed by atoms with van der Waals surface area (Å²) in [6.45, 7) is 4.03. The number of ketones is 2. The molecule has 0 fully saturated rings. The number of fused-ring (bicyclic) bond motifs is 2. The topological polar surface area (TPSA) is 143 Å². The molecule has 0 amide bonds. The molecule has 2 aromatic rings. The molecule has 0 saturated carbocycles. The van der Waals surface area contributed by atoms with Crippen LogP contribution in [0.25, 0.3) is 0 Å². The predicted octanol–water partition coefficient (Wildman–Crippen LogP) is 2.86. The van der Waals surface area contributed by atoms with Crippen molar-refractivity contribution in [3.05, 3.63) is 32.8 Å². The molecule has 0 spiro atoms. The molecule has 2 aromatic carbocycles. The molecule has 30 heavy (non-hydrogen) atoms. The average Bonchev–Trinajstić information content (AvgIpc) is 2.70. The van der Waals surface area contributed by atoms with Crippen molar-refractivity contribution in [2.45, 2.75) is 13.8 Å².